The molecule has 0 radical (unpaired) electrons. The fourth-order valence-corrected chi connectivity index (χ4v) is 4.18. The molecular formula is C25H23F3N2O. The van der Waals surface area contributed by atoms with Crippen LogP contribution in [0.25, 0.3) is 21.8 Å². The van der Waals surface area contributed by atoms with Gasteiger partial charge in [0.05, 0.1) is 5.52 Å². The SMILES string of the molecule is CCCCCc1ccc2c3c(C(N)=O)cccc3n(Cc3cc(F)c(F)c(F)c3)c2c1. The Bertz CT molecular complexity index is 1270. The Morgan fingerprint density at radius 3 is 2.35 bits per heavy atom. The van der Waals surface area contributed by atoms with Crippen molar-refractivity contribution in [1.82, 2.24) is 4.57 Å². The molecule has 160 valence electrons. The Hall–Kier alpha value is -3.28. The minimum atomic E-state index is -1.49. The molecule has 4 rings (SSSR count). The van der Waals surface area contributed by atoms with Crippen molar-refractivity contribution in [2.75, 3.05) is 0 Å². The van der Waals surface area contributed by atoms with E-state index in [0.29, 0.717) is 10.9 Å². The molecule has 0 bridgehead atoms. The number of benzene rings is 3. The van der Waals surface area contributed by atoms with Crippen molar-refractivity contribution in [2.24, 2.45) is 5.73 Å². The van der Waals surface area contributed by atoms with E-state index in [1.807, 2.05) is 28.8 Å². The number of carbonyl (C=O) groups excluding carboxylic acids is 1. The molecule has 0 unspecified atom stereocenters. The van der Waals surface area contributed by atoms with Crippen LogP contribution in [0.2, 0.25) is 0 Å². The highest BCUT2D eigenvalue weighted by atomic mass is 19.2. The molecule has 3 aromatic carbocycles. The fraction of sp³-hybridized carbons (Fsp3) is 0.240. The van der Waals surface area contributed by atoms with Crippen LogP contribution in [0, 0.1) is 17.5 Å². The topological polar surface area (TPSA) is 48.0 Å². The summed E-state index contributed by atoms with van der Waals surface area (Å²) in [6.07, 6.45) is 4.21. The van der Waals surface area contributed by atoms with Crippen molar-refractivity contribution < 1.29 is 18.0 Å². The molecule has 1 aromatic heterocycles. The Kier molecular flexibility index (Phi) is 5.72. The van der Waals surface area contributed by atoms with E-state index in [1.165, 1.54) is 0 Å². The number of amides is 1. The largest absolute Gasteiger partial charge is 0.366 e. The molecule has 0 saturated heterocycles. The molecule has 0 aliphatic carbocycles. The average molecular weight is 424 g/mol. The van der Waals surface area contributed by atoms with Gasteiger partial charge in [0.2, 0.25) is 5.91 Å². The number of unbranched alkanes of at least 4 members (excludes halogenated alkanes) is 2. The maximum absolute atomic E-state index is 13.8. The van der Waals surface area contributed by atoms with Crippen molar-refractivity contribution >= 4 is 27.7 Å². The van der Waals surface area contributed by atoms with Gasteiger partial charge in [-0.1, -0.05) is 38.0 Å². The molecule has 0 aliphatic rings. The third-order valence-electron chi connectivity index (χ3n) is 5.67. The van der Waals surface area contributed by atoms with E-state index < -0.39 is 23.4 Å². The maximum atomic E-state index is 13.8. The molecule has 0 fully saturated rings. The molecule has 0 aliphatic heterocycles. The number of halogens is 3. The van der Waals surface area contributed by atoms with Crippen LogP contribution >= 0.6 is 0 Å². The summed E-state index contributed by atoms with van der Waals surface area (Å²) in [5, 5.41) is 1.54. The highest BCUT2D eigenvalue weighted by molar-refractivity contribution is 6.18. The van der Waals surface area contributed by atoms with Crippen LogP contribution in [0.15, 0.2) is 48.5 Å². The summed E-state index contributed by atoms with van der Waals surface area (Å²) in [6.45, 7) is 2.27. The van der Waals surface area contributed by atoms with Gasteiger partial charge in [-0.2, -0.15) is 0 Å². The summed E-state index contributed by atoms with van der Waals surface area (Å²) in [5.74, 6) is -4.49. The molecule has 4 aromatic rings. The first-order valence-corrected chi connectivity index (χ1v) is 10.4. The Labute approximate surface area is 178 Å². The second kappa shape index (κ2) is 8.46. The number of aryl methyl sites for hydroxylation is 1. The third kappa shape index (κ3) is 3.90. The van der Waals surface area contributed by atoms with Crippen molar-refractivity contribution in [3.05, 3.63) is 82.7 Å². The highest BCUT2D eigenvalue weighted by Gasteiger charge is 2.18. The van der Waals surface area contributed by atoms with Crippen molar-refractivity contribution in [1.29, 1.82) is 0 Å². The zero-order valence-electron chi connectivity index (χ0n) is 17.2. The molecule has 3 nitrogen and oxygen atoms in total. The highest BCUT2D eigenvalue weighted by Crippen LogP contribution is 2.33. The van der Waals surface area contributed by atoms with Gasteiger partial charge in [0.15, 0.2) is 17.5 Å². The summed E-state index contributed by atoms with van der Waals surface area (Å²) in [6, 6.07) is 13.3. The first-order valence-electron chi connectivity index (χ1n) is 10.4. The molecule has 0 spiro atoms. The second-order valence-corrected chi connectivity index (χ2v) is 7.83. The van der Waals surface area contributed by atoms with E-state index in [-0.39, 0.29) is 12.1 Å². The van der Waals surface area contributed by atoms with Gasteiger partial charge in [-0.3, -0.25) is 4.79 Å². The monoisotopic (exact) mass is 424 g/mol. The zero-order valence-corrected chi connectivity index (χ0v) is 17.2. The number of rotatable bonds is 7. The quantitative estimate of drug-likeness (QED) is 0.283. The molecule has 0 saturated carbocycles. The molecule has 2 N–H and O–H groups in total. The average Bonchev–Trinajstić information content (AvgIpc) is 3.05. The molecule has 6 heteroatoms. The molecule has 31 heavy (non-hydrogen) atoms. The lowest BCUT2D eigenvalue weighted by molar-refractivity contribution is 0.100. The first kappa shape index (κ1) is 21.0. The Morgan fingerprint density at radius 1 is 0.935 bits per heavy atom. The molecule has 1 heterocycles. The van der Waals surface area contributed by atoms with E-state index in [1.54, 1.807) is 12.1 Å². The van der Waals surface area contributed by atoms with Crippen molar-refractivity contribution in [3.8, 4) is 0 Å². The Morgan fingerprint density at radius 2 is 1.68 bits per heavy atom. The molecule has 0 atom stereocenters. The van der Waals surface area contributed by atoms with Gasteiger partial charge in [0.1, 0.15) is 0 Å². The van der Waals surface area contributed by atoms with Gasteiger partial charge in [0, 0.05) is 28.4 Å². The smallest absolute Gasteiger partial charge is 0.249 e. The van der Waals surface area contributed by atoms with Crippen LogP contribution in [0.5, 0.6) is 0 Å². The number of nitrogens with zero attached hydrogens (tertiary/aromatic N) is 1. The first-order chi connectivity index (χ1) is 14.9. The summed E-state index contributed by atoms with van der Waals surface area (Å²) >= 11 is 0. The van der Waals surface area contributed by atoms with Gasteiger partial charge < -0.3 is 10.3 Å². The lowest BCUT2D eigenvalue weighted by Crippen LogP contribution is -2.11. The van der Waals surface area contributed by atoms with E-state index in [0.717, 1.165) is 59.8 Å². The van der Waals surface area contributed by atoms with Crippen LogP contribution < -0.4 is 5.73 Å². The van der Waals surface area contributed by atoms with Gasteiger partial charge in [-0.25, -0.2) is 13.2 Å². The predicted octanol–water partition coefficient (Wildman–Crippen LogP) is 6.09. The van der Waals surface area contributed by atoms with E-state index in [2.05, 4.69) is 6.92 Å². The standard InChI is InChI=1S/C25H23F3N2O/c1-2-3-4-6-15-9-10-17-22(13-15)30(14-16-11-19(26)24(28)20(27)12-16)21-8-5-7-18(23(17)21)25(29)31/h5,7-13H,2-4,6,14H2,1H3,(H2,29,31). The number of hydrogen-bond acceptors (Lipinski definition) is 1. The number of fused-ring (bicyclic) bond motifs is 3. The van der Waals surface area contributed by atoms with E-state index in [9.17, 15) is 18.0 Å². The van der Waals surface area contributed by atoms with Crippen LogP contribution in [0.1, 0.15) is 47.7 Å². The minimum Gasteiger partial charge on any atom is -0.366 e. The van der Waals surface area contributed by atoms with E-state index in [4.69, 9.17) is 5.73 Å². The van der Waals surface area contributed by atoms with E-state index >= 15 is 0 Å². The second-order valence-electron chi connectivity index (χ2n) is 7.83. The predicted molar refractivity (Wildman–Crippen MR) is 117 cm³/mol. The number of primary amides is 1. The lowest BCUT2D eigenvalue weighted by atomic mass is 10.0. The van der Waals surface area contributed by atoms with Crippen molar-refractivity contribution in [3.63, 3.8) is 0 Å². The maximum Gasteiger partial charge on any atom is 0.249 e. The summed E-state index contributed by atoms with van der Waals surface area (Å²) < 4.78 is 43.0. The summed E-state index contributed by atoms with van der Waals surface area (Å²) in [4.78, 5) is 12.1. The lowest BCUT2D eigenvalue weighted by Gasteiger charge is -2.10. The minimum absolute atomic E-state index is 0.120. The van der Waals surface area contributed by atoms with Gasteiger partial charge in [0.25, 0.3) is 0 Å². The van der Waals surface area contributed by atoms with Crippen LogP contribution in [-0.2, 0) is 13.0 Å². The Balaban J connectivity index is 1.93. The fourth-order valence-electron chi connectivity index (χ4n) is 4.18. The number of aromatic nitrogens is 1. The van der Waals surface area contributed by atoms with Crippen LogP contribution in [-0.4, -0.2) is 10.5 Å². The molecule has 1 amide bonds. The normalized spacial score (nSPS) is 11.5. The van der Waals surface area contributed by atoms with Crippen LogP contribution in [0.4, 0.5) is 13.2 Å². The van der Waals surface area contributed by atoms with Gasteiger partial charge >= 0.3 is 0 Å². The van der Waals surface area contributed by atoms with Gasteiger partial charge in [-0.15, -0.1) is 0 Å². The summed E-state index contributed by atoms with van der Waals surface area (Å²) in [7, 11) is 0. The number of carbonyl (C=O) groups is 1. The number of hydrogen-bond donors (Lipinski definition) is 1. The summed E-state index contributed by atoms with van der Waals surface area (Å²) in [5.41, 5.74) is 8.99. The number of nitrogens with two attached hydrogens (primary N) is 1. The molecular weight excluding hydrogens is 401 g/mol. The van der Waals surface area contributed by atoms with Crippen LogP contribution in [0.3, 0.4) is 0 Å². The van der Waals surface area contributed by atoms with Crippen molar-refractivity contribution in [2.45, 2.75) is 39.2 Å². The van der Waals surface area contributed by atoms with Gasteiger partial charge in [-0.05, 0) is 54.3 Å². The third-order valence-corrected chi connectivity index (χ3v) is 5.67. The zero-order chi connectivity index (χ0) is 22.1.